The van der Waals surface area contributed by atoms with E-state index in [0.717, 1.165) is 55.4 Å². The highest BCUT2D eigenvalue weighted by molar-refractivity contribution is 14.0. The van der Waals surface area contributed by atoms with E-state index in [4.69, 9.17) is 9.26 Å². The van der Waals surface area contributed by atoms with Crippen molar-refractivity contribution in [1.82, 2.24) is 15.8 Å². The number of guanidine groups is 1. The molecular weight excluding hydrogens is 455 g/mol. The van der Waals surface area contributed by atoms with Crippen LogP contribution >= 0.6 is 24.0 Å². The first-order chi connectivity index (χ1) is 12.4. The van der Waals surface area contributed by atoms with E-state index in [1.807, 2.05) is 7.05 Å². The fourth-order valence-electron chi connectivity index (χ4n) is 3.77. The smallest absolute Gasteiger partial charge is 0.191 e. The molecule has 2 atom stereocenters. The zero-order valence-corrected chi connectivity index (χ0v) is 20.1. The number of aliphatic imine (C=N–C) groups is 1. The van der Waals surface area contributed by atoms with Crippen molar-refractivity contribution in [3.8, 4) is 0 Å². The molecule has 2 unspecified atom stereocenters. The highest BCUT2D eigenvalue weighted by Crippen LogP contribution is 2.33. The molecule has 0 aromatic carbocycles. The Labute approximate surface area is 181 Å². The van der Waals surface area contributed by atoms with Crippen molar-refractivity contribution in [1.29, 1.82) is 0 Å². The molecule has 0 amide bonds. The summed E-state index contributed by atoms with van der Waals surface area (Å²) in [6.45, 7) is 13.4. The molecule has 2 heterocycles. The fraction of sp³-hybridized carbons (Fsp3) is 0.800. The maximum absolute atomic E-state index is 6.08. The number of ether oxygens (including phenoxy) is 1. The van der Waals surface area contributed by atoms with Crippen molar-refractivity contribution in [2.45, 2.75) is 73.0 Å². The summed E-state index contributed by atoms with van der Waals surface area (Å²) < 4.78 is 11.5. The minimum Gasteiger partial charge on any atom is -0.377 e. The first-order valence-corrected chi connectivity index (χ1v) is 9.93. The zero-order valence-electron chi connectivity index (χ0n) is 17.7. The number of hydrogen-bond acceptors (Lipinski definition) is 4. The molecule has 1 aliphatic rings. The van der Waals surface area contributed by atoms with Crippen LogP contribution in [-0.4, -0.2) is 37.4 Å². The van der Waals surface area contributed by atoms with Crippen LogP contribution in [0.5, 0.6) is 0 Å². The van der Waals surface area contributed by atoms with Gasteiger partial charge in [-0.15, -0.1) is 24.0 Å². The Morgan fingerprint density at radius 2 is 1.96 bits per heavy atom. The Morgan fingerprint density at radius 1 is 1.22 bits per heavy atom. The molecule has 0 aliphatic carbocycles. The number of nitrogens with one attached hydrogen (secondary N) is 2. The minimum absolute atomic E-state index is 0. The molecule has 1 aromatic heterocycles. The molecule has 1 aromatic rings. The summed E-state index contributed by atoms with van der Waals surface area (Å²) in [6.07, 6.45) is 4.32. The van der Waals surface area contributed by atoms with Crippen LogP contribution in [0.25, 0.3) is 0 Å². The van der Waals surface area contributed by atoms with Gasteiger partial charge in [-0.3, -0.25) is 4.99 Å². The first-order valence-electron chi connectivity index (χ1n) is 9.93. The summed E-state index contributed by atoms with van der Waals surface area (Å²) >= 11 is 0. The third-order valence-electron chi connectivity index (χ3n) is 5.09. The topological polar surface area (TPSA) is 71.7 Å². The van der Waals surface area contributed by atoms with E-state index in [1.54, 1.807) is 0 Å². The van der Waals surface area contributed by atoms with Gasteiger partial charge in [0.05, 0.1) is 11.8 Å². The zero-order chi connectivity index (χ0) is 19.2. The van der Waals surface area contributed by atoms with E-state index in [1.165, 1.54) is 6.42 Å². The highest BCUT2D eigenvalue weighted by atomic mass is 127. The van der Waals surface area contributed by atoms with E-state index < -0.39 is 0 Å². The molecule has 7 heteroatoms. The van der Waals surface area contributed by atoms with Gasteiger partial charge in [0, 0.05) is 44.6 Å². The lowest BCUT2D eigenvalue weighted by molar-refractivity contribution is -0.0835. The highest BCUT2D eigenvalue weighted by Gasteiger charge is 2.35. The average molecular weight is 492 g/mol. The Bertz CT molecular complexity index is 574. The molecule has 156 valence electrons. The molecule has 0 saturated carbocycles. The van der Waals surface area contributed by atoms with Gasteiger partial charge in [0.25, 0.3) is 0 Å². The van der Waals surface area contributed by atoms with Crippen LogP contribution in [-0.2, 0) is 24.1 Å². The summed E-state index contributed by atoms with van der Waals surface area (Å²) in [5.41, 5.74) is 2.34. The van der Waals surface area contributed by atoms with E-state index in [0.29, 0.717) is 12.5 Å². The average Bonchev–Trinajstić information content (AvgIpc) is 3.03. The van der Waals surface area contributed by atoms with E-state index in [2.05, 4.69) is 55.4 Å². The second-order valence-electron chi connectivity index (χ2n) is 8.10. The molecule has 27 heavy (non-hydrogen) atoms. The normalized spacial score (nSPS) is 20.9. The molecule has 0 radical (unpaired) electrons. The lowest BCUT2D eigenvalue weighted by Gasteiger charge is -2.40. The summed E-state index contributed by atoms with van der Waals surface area (Å²) in [5, 5.41) is 11.1. The molecule has 0 bridgehead atoms. The third kappa shape index (κ3) is 6.62. The van der Waals surface area contributed by atoms with Crippen LogP contribution < -0.4 is 10.6 Å². The molecule has 6 nitrogen and oxygen atoms in total. The third-order valence-corrected chi connectivity index (χ3v) is 5.09. The first kappa shape index (κ1) is 24.2. The summed E-state index contributed by atoms with van der Waals surface area (Å²) in [5.74, 6) is 2.27. The number of halogens is 1. The van der Waals surface area contributed by atoms with Crippen molar-refractivity contribution in [3.05, 3.63) is 17.0 Å². The number of rotatable bonds is 6. The minimum atomic E-state index is 0. The van der Waals surface area contributed by atoms with Crippen LogP contribution in [0, 0.1) is 11.3 Å². The molecular formula is C20H37IN4O2. The lowest BCUT2D eigenvalue weighted by Crippen LogP contribution is -2.47. The number of aryl methyl sites for hydroxylation is 2. The van der Waals surface area contributed by atoms with Crippen molar-refractivity contribution in [2.75, 3.05) is 20.2 Å². The van der Waals surface area contributed by atoms with Crippen LogP contribution in [0.2, 0.25) is 0 Å². The Morgan fingerprint density at radius 3 is 2.56 bits per heavy atom. The summed E-state index contributed by atoms with van der Waals surface area (Å²) in [7, 11) is 1.81. The van der Waals surface area contributed by atoms with E-state index in [-0.39, 0.29) is 35.5 Å². The molecule has 1 fully saturated rings. The predicted molar refractivity (Wildman–Crippen MR) is 121 cm³/mol. The van der Waals surface area contributed by atoms with Crippen molar-refractivity contribution >= 4 is 29.9 Å². The summed E-state index contributed by atoms with van der Waals surface area (Å²) in [6, 6.07) is 0. The van der Waals surface area contributed by atoms with Crippen LogP contribution in [0.15, 0.2) is 9.52 Å². The monoisotopic (exact) mass is 492 g/mol. The fourth-order valence-corrected chi connectivity index (χ4v) is 3.77. The quantitative estimate of drug-likeness (QED) is 0.358. The Balaban J connectivity index is 0.00000364. The molecule has 1 saturated heterocycles. The largest absolute Gasteiger partial charge is 0.377 e. The SMILES string of the molecule is CCc1noc(CC)c1CNC(=NC)NCC1CCCOC1C(C)(C)C.I. The standard InChI is InChI=1S/C20H36N4O2.HI/c1-7-16-15(17(8-2)26-24-16)13-23-19(21-6)22-12-14-10-9-11-25-18(14)20(3,4)5;/h14,18H,7-13H2,1-6H3,(H2,21,22,23);1H. The second-order valence-corrected chi connectivity index (χ2v) is 8.10. The maximum Gasteiger partial charge on any atom is 0.191 e. The molecule has 0 spiro atoms. The maximum atomic E-state index is 6.08. The lowest BCUT2D eigenvalue weighted by atomic mass is 9.78. The van der Waals surface area contributed by atoms with Gasteiger partial charge < -0.3 is 19.9 Å². The molecule has 1 aliphatic heterocycles. The second kappa shape index (κ2) is 11.2. The van der Waals surface area contributed by atoms with E-state index in [9.17, 15) is 0 Å². The Kier molecular flexibility index (Phi) is 10.1. The van der Waals surface area contributed by atoms with Crippen molar-refractivity contribution in [2.24, 2.45) is 16.3 Å². The van der Waals surface area contributed by atoms with Gasteiger partial charge in [-0.2, -0.15) is 0 Å². The number of hydrogen-bond donors (Lipinski definition) is 2. The summed E-state index contributed by atoms with van der Waals surface area (Å²) in [4.78, 5) is 4.37. The van der Waals surface area contributed by atoms with Gasteiger partial charge in [0.15, 0.2) is 5.96 Å². The van der Waals surface area contributed by atoms with Gasteiger partial charge in [-0.05, 0) is 24.7 Å². The van der Waals surface area contributed by atoms with Gasteiger partial charge in [-0.1, -0.05) is 39.8 Å². The van der Waals surface area contributed by atoms with Crippen LogP contribution in [0.1, 0.15) is 64.5 Å². The predicted octanol–water partition coefficient (Wildman–Crippen LogP) is 3.92. The number of aromatic nitrogens is 1. The van der Waals surface area contributed by atoms with Gasteiger partial charge in [0.1, 0.15) is 5.76 Å². The molecule has 2 rings (SSSR count). The van der Waals surface area contributed by atoms with Gasteiger partial charge >= 0.3 is 0 Å². The van der Waals surface area contributed by atoms with Crippen LogP contribution in [0.4, 0.5) is 0 Å². The Hall–Kier alpha value is -0.830. The van der Waals surface area contributed by atoms with Crippen LogP contribution in [0.3, 0.4) is 0 Å². The van der Waals surface area contributed by atoms with Gasteiger partial charge in [-0.25, -0.2) is 0 Å². The van der Waals surface area contributed by atoms with E-state index >= 15 is 0 Å². The van der Waals surface area contributed by atoms with Gasteiger partial charge in [0.2, 0.25) is 0 Å². The molecule has 2 N–H and O–H groups in total. The van der Waals surface area contributed by atoms with Crippen molar-refractivity contribution in [3.63, 3.8) is 0 Å². The van der Waals surface area contributed by atoms with Crippen molar-refractivity contribution < 1.29 is 9.26 Å². The number of nitrogens with zero attached hydrogens (tertiary/aromatic N) is 2.